The van der Waals surface area contributed by atoms with Crippen molar-refractivity contribution in [3.05, 3.63) is 71.0 Å². The Balaban J connectivity index is 1.44. The molecule has 0 spiro atoms. The molecule has 0 atom stereocenters. The van der Waals surface area contributed by atoms with Gasteiger partial charge in [0.25, 0.3) is 5.91 Å². The van der Waals surface area contributed by atoms with Gasteiger partial charge in [0.15, 0.2) is 0 Å². The molecule has 0 radical (unpaired) electrons. The minimum absolute atomic E-state index is 0.0156. The fraction of sp³-hybridized carbons (Fsp3) is 0.273. The molecule has 4 rings (SSSR count). The maximum atomic E-state index is 12.8. The van der Waals surface area contributed by atoms with Crippen molar-refractivity contribution in [1.29, 1.82) is 0 Å². The van der Waals surface area contributed by atoms with Crippen molar-refractivity contribution >= 4 is 22.8 Å². The van der Waals surface area contributed by atoms with Crippen LogP contribution in [0.15, 0.2) is 53.1 Å². The van der Waals surface area contributed by atoms with Crippen LogP contribution in [0.4, 0.5) is 0 Å². The van der Waals surface area contributed by atoms with E-state index in [0.29, 0.717) is 25.2 Å². The summed E-state index contributed by atoms with van der Waals surface area (Å²) in [6.07, 6.45) is 1.61. The zero-order valence-electron chi connectivity index (χ0n) is 15.6. The molecular formula is C22H22N2O3. The first-order valence-corrected chi connectivity index (χ1v) is 9.11. The molecule has 5 nitrogen and oxygen atoms in total. The van der Waals surface area contributed by atoms with Crippen molar-refractivity contribution in [1.82, 2.24) is 9.80 Å². The number of rotatable bonds is 3. The molecule has 2 amide bonds. The Labute approximate surface area is 158 Å². The second-order valence-electron chi connectivity index (χ2n) is 7.21. The SMILES string of the molecule is Cc1cc(C)cc(CN2CCN(C(=O)c3ccc4occc4c3)CC2=O)c1. The molecule has 0 saturated carbocycles. The second kappa shape index (κ2) is 6.91. The van der Waals surface area contributed by atoms with Crippen molar-refractivity contribution < 1.29 is 14.0 Å². The zero-order valence-corrected chi connectivity index (χ0v) is 15.6. The Hall–Kier alpha value is -3.08. The van der Waals surface area contributed by atoms with Crippen LogP contribution in [0.2, 0.25) is 0 Å². The Morgan fingerprint density at radius 3 is 2.56 bits per heavy atom. The fourth-order valence-electron chi connectivity index (χ4n) is 3.71. The molecule has 2 aromatic carbocycles. The maximum Gasteiger partial charge on any atom is 0.254 e. The number of fused-ring (bicyclic) bond motifs is 1. The van der Waals surface area contributed by atoms with Gasteiger partial charge < -0.3 is 14.2 Å². The van der Waals surface area contributed by atoms with Gasteiger partial charge in [0.2, 0.25) is 5.91 Å². The third-order valence-electron chi connectivity index (χ3n) is 4.96. The quantitative estimate of drug-likeness (QED) is 0.716. The molecule has 0 N–H and O–H groups in total. The first-order valence-electron chi connectivity index (χ1n) is 9.11. The Morgan fingerprint density at radius 1 is 1.04 bits per heavy atom. The average Bonchev–Trinajstić information content (AvgIpc) is 3.09. The van der Waals surface area contributed by atoms with Gasteiger partial charge in [-0.1, -0.05) is 29.3 Å². The summed E-state index contributed by atoms with van der Waals surface area (Å²) < 4.78 is 5.32. The maximum absolute atomic E-state index is 12.8. The van der Waals surface area contributed by atoms with E-state index in [1.165, 1.54) is 11.1 Å². The first-order chi connectivity index (χ1) is 13.0. The van der Waals surface area contributed by atoms with Crippen LogP contribution in [-0.4, -0.2) is 41.2 Å². The molecule has 0 bridgehead atoms. The lowest BCUT2D eigenvalue weighted by Gasteiger charge is -2.34. The highest BCUT2D eigenvalue weighted by Gasteiger charge is 2.28. The summed E-state index contributed by atoms with van der Waals surface area (Å²) in [6, 6.07) is 13.5. The monoisotopic (exact) mass is 362 g/mol. The Morgan fingerprint density at radius 2 is 1.81 bits per heavy atom. The molecule has 0 unspecified atom stereocenters. The summed E-state index contributed by atoms with van der Waals surface area (Å²) in [7, 11) is 0. The summed E-state index contributed by atoms with van der Waals surface area (Å²) in [5, 5.41) is 0.889. The topological polar surface area (TPSA) is 53.8 Å². The van der Waals surface area contributed by atoms with E-state index >= 15 is 0 Å². The van der Waals surface area contributed by atoms with Crippen LogP contribution in [0.25, 0.3) is 11.0 Å². The number of hydrogen-bond acceptors (Lipinski definition) is 3. The number of aryl methyl sites for hydroxylation is 2. The Kier molecular flexibility index (Phi) is 4.44. The van der Waals surface area contributed by atoms with Gasteiger partial charge in [0.05, 0.1) is 6.26 Å². The predicted molar refractivity (Wildman–Crippen MR) is 103 cm³/mol. The third-order valence-corrected chi connectivity index (χ3v) is 4.96. The largest absolute Gasteiger partial charge is 0.464 e. The van der Waals surface area contributed by atoms with Gasteiger partial charge in [-0.2, -0.15) is 0 Å². The van der Waals surface area contributed by atoms with E-state index in [9.17, 15) is 9.59 Å². The molecule has 1 aromatic heterocycles. The number of benzene rings is 2. The predicted octanol–water partition coefficient (Wildman–Crippen LogP) is 3.53. The van der Waals surface area contributed by atoms with Gasteiger partial charge in [-0.15, -0.1) is 0 Å². The standard InChI is InChI=1S/C22H22N2O3/c1-15-9-16(2)11-17(10-15)13-23-6-7-24(14-21(23)25)22(26)19-3-4-20-18(12-19)5-8-27-20/h3-5,8-12H,6-7,13-14H2,1-2H3. The van der Waals surface area contributed by atoms with E-state index in [-0.39, 0.29) is 18.4 Å². The van der Waals surface area contributed by atoms with Gasteiger partial charge in [0, 0.05) is 30.6 Å². The van der Waals surface area contributed by atoms with Crippen LogP contribution in [-0.2, 0) is 11.3 Å². The smallest absolute Gasteiger partial charge is 0.254 e. The van der Waals surface area contributed by atoms with E-state index < -0.39 is 0 Å². The lowest BCUT2D eigenvalue weighted by molar-refractivity contribution is -0.135. The van der Waals surface area contributed by atoms with Gasteiger partial charge in [-0.25, -0.2) is 0 Å². The van der Waals surface area contributed by atoms with Crippen molar-refractivity contribution in [3.63, 3.8) is 0 Å². The molecule has 1 aliphatic heterocycles. The van der Waals surface area contributed by atoms with Crippen LogP contribution in [0, 0.1) is 13.8 Å². The average molecular weight is 362 g/mol. The zero-order chi connectivity index (χ0) is 19.0. The highest BCUT2D eigenvalue weighted by molar-refractivity contribution is 5.99. The second-order valence-corrected chi connectivity index (χ2v) is 7.21. The summed E-state index contributed by atoms with van der Waals surface area (Å²) in [4.78, 5) is 28.8. The van der Waals surface area contributed by atoms with Crippen molar-refractivity contribution in [3.8, 4) is 0 Å². The van der Waals surface area contributed by atoms with Crippen LogP contribution in [0.3, 0.4) is 0 Å². The number of piperazine rings is 1. The van der Waals surface area contributed by atoms with Crippen LogP contribution < -0.4 is 0 Å². The van der Waals surface area contributed by atoms with Crippen LogP contribution in [0.5, 0.6) is 0 Å². The van der Waals surface area contributed by atoms with E-state index in [2.05, 4.69) is 32.0 Å². The lowest BCUT2D eigenvalue weighted by Crippen LogP contribution is -2.51. The van der Waals surface area contributed by atoms with Crippen molar-refractivity contribution in [2.45, 2.75) is 20.4 Å². The number of amides is 2. The van der Waals surface area contributed by atoms with Gasteiger partial charge >= 0.3 is 0 Å². The number of nitrogens with zero attached hydrogens (tertiary/aromatic N) is 2. The number of furan rings is 1. The Bertz CT molecular complexity index is 1000. The summed E-state index contributed by atoms with van der Waals surface area (Å²) in [6.45, 7) is 5.92. The van der Waals surface area contributed by atoms with Crippen LogP contribution in [0.1, 0.15) is 27.0 Å². The van der Waals surface area contributed by atoms with Crippen molar-refractivity contribution in [2.24, 2.45) is 0 Å². The molecule has 1 saturated heterocycles. The highest BCUT2D eigenvalue weighted by atomic mass is 16.3. The normalized spacial score (nSPS) is 14.8. The molecule has 0 aliphatic carbocycles. The lowest BCUT2D eigenvalue weighted by atomic mass is 10.1. The van der Waals surface area contributed by atoms with Gasteiger partial charge in [0.1, 0.15) is 12.1 Å². The van der Waals surface area contributed by atoms with E-state index in [0.717, 1.165) is 16.5 Å². The van der Waals surface area contributed by atoms with Gasteiger partial charge in [-0.05, 0) is 43.7 Å². The van der Waals surface area contributed by atoms with Gasteiger partial charge in [-0.3, -0.25) is 9.59 Å². The summed E-state index contributed by atoms with van der Waals surface area (Å²) >= 11 is 0. The highest BCUT2D eigenvalue weighted by Crippen LogP contribution is 2.19. The first kappa shape index (κ1) is 17.3. The molecule has 2 heterocycles. The minimum atomic E-state index is -0.113. The molecule has 27 heavy (non-hydrogen) atoms. The molecule has 138 valence electrons. The third kappa shape index (κ3) is 3.58. The molecule has 5 heteroatoms. The van der Waals surface area contributed by atoms with E-state index in [4.69, 9.17) is 4.42 Å². The summed E-state index contributed by atoms with van der Waals surface area (Å²) in [5.41, 5.74) is 4.85. The van der Waals surface area contributed by atoms with Crippen LogP contribution >= 0.6 is 0 Å². The fourth-order valence-corrected chi connectivity index (χ4v) is 3.71. The van der Waals surface area contributed by atoms with Crippen molar-refractivity contribution in [2.75, 3.05) is 19.6 Å². The molecular weight excluding hydrogens is 340 g/mol. The number of hydrogen-bond donors (Lipinski definition) is 0. The number of carbonyl (C=O) groups excluding carboxylic acids is 2. The van der Waals surface area contributed by atoms with E-state index in [1.54, 1.807) is 23.3 Å². The molecule has 1 aliphatic rings. The number of carbonyl (C=O) groups is 2. The minimum Gasteiger partial charge on any atom is -0.464 e. The molecule has 3 aromatic rings. The molecule has 1 fully saturated rings. The van der Waals surface area contributed by atoms with E-state index in [1.807, 2.05) is 17.0 Å². The summed E-state index contributed by atoms with van der Waals surface area (Å²) in [5.74, 6) is -0.129.